The topological polar surface area (TPSA) is 86.3 Å². The summed E-state index contributed by atoms with van der Waals surface area (Å²) in [6.45, 7) is 3.88. The van der Waals surface area contributed by atoms with Crippen LogP contribution in [0.15, 0.2) is 0 Å². The van der Waals surface area contributed by atoms with Crippen molar-refractivity contribution >= 4 is 0 Å². The number of unbranched alkanes of at least 4 members (excludes halogenated alkanes) is 30. The van der Waals surface area contributed by atoms with Gasteiger partial charge in [-0.05, 0) is 58.2 Å². The Morgan fingerprint density at radius 2 is 0.328 bits per heavy atom. The predicted molar refractivity (Wildman–Crippen MR) is 254 cm³/mol. The Kier molecular flexibility index (Phi) is 43.2. The number of rotatable bonds is 51. The van der Waals surface area contributed by atoms with Gasteiger partial charge in [-0.1, -0.05) is 173 Å². The van der Waals surface area contributed by atoms with Crippen molar-refractivity contribution < 1.29 is 42.6 Å². The first-order chi connectivity index (χ1) is 29.8. The SMILES string of the molecule is COC(CCCCCCCCCCCCCN(CCCCCCCCCCCCCC(OC)(OC)OC)CCCCCCCCCCCCCC(OC)(OC)OC)(OC)OC. The van der Waals surface area contributed by atoms with Crippen LogP contribution in [0.25, 0.3) is 0 Å². The molecule has 10 nitrogen and oxygen atoms in total. The summed E-state index contributed by atoms with van der Waals surface area (Å²) in [5.41, 5.74) is 0. The first-order valence-electron chi connectivity index (χ1n) is 25.5. The Labute approximate surface area is 379 Å². The summed E-state index contributed by atoms with van der Waals surface area (Å²) >= 11 is 0. The van der Waals surface area contributed by atoms with E-state index in [0.29, 0.717) is 0 Å². The van der Waals surface area contributed by atoms with Gasteiger partial charge in [-0.2, -0.15) is 0 Å². The minimum absolute atomic E-state index is 0.783. The van der Waals surface area contributed by atoms with Crippen LogP contribution in [0.4, 0.5) is 0 Å². The molecule has 368 valence electrons. The third kappa shape index (κ3) is 32.8. The van der Waals surface area contributed by atoms with Crippen molar-refractivity contribution in [1.82, 2.24) is 4.90 Å². The van der Waals surface area contributed by atoms with E-state index < -0.39 is 17.9 Å². The van der Waals surface area contributed by atoms with Crippen molar-refractivity contribution in [2.24, 2.45) is 0 Å². The zero-order chi connectivity index (χ0) is 45.0. The van der Waals surface area contributed by atoms with Crippen LogP contribution < -0.4 is 0 Å². The van der Waals surface area contributed by atoms with Crippen molar-refractivity contribution in [3.8, 4) is 0 Å². The van der Waals surface area contributed by atoms with E-state index in [9.17, 15) is 0 Å². The molecular formula is C51H105NO9. The Bertz CT molecular complexity index is 735. The van der Waals surface area contributed by atoms with Gasteiger partial charge >= 0.3 is 0 Å². The van der Waals surface area contributed by atoms with Crippen LogP contribution in [-0.4, -0.2) is 106 Å². The van der Waals surface area contributed by atoms with E-state index in [-0.39, 0.29) is 0 Å². The predicted octanol–water partition coefficient (Wildman–Crippen LogP) is 14.1. The van der Waals surface area contributed by atoms with Gasteiger partial charge in [0.2, 0.25) is 0 Å². The van der Waals surface area contributed by atoms with E-state index in [2.05, 4.69) is 4.90 Å². The molecule has 10 heteroatoms. The molecule has 0 rings (SSSR count). The van der Waals surface area contributed by atoms with Gasteiger partial charge in [0.1, 0.15) is 0 Å². The molecule has 0 atom stereocenters. The Morgan fingerprint density at radius 1 is 0.197 bits per heavy atom. The molecule has 0 aromatic heterocycles. The number of methoxy groups -OCH3 is 9. The minimum Gasteiger partial charge on any atom is -0.331 e. The molecule has 0 spiro atoms. The number of ether oxygens (including phenoxy) is 9. The van der Waals surface area contributed by atoms with Gasteiger partial charge in [-0.3, -0.25) is 0 Å². The highest BCUT2D eigenvalue weighted by atomic mass is 16.9. The van der Waals surface area contributed by atoms with Gasteiger partial charge in [0.15, 0.2) is 0 Å². The molecule has 0 N–H and O–H groups in total. The van der Waals surface area contributed by atoms with Crippen LogP contribution in [0.3, 0.4) is 0 Å². The molecule has 0 amide bonds. The van der Waals surface area contributed by atoms with Gasteiger partial charge in [-0.25, -0.2) is 0 Å². The maximum Gasteiger partial charge on any atom is 0.282 e. The Morgan fingerprint density at radius 3 is 0.475 bits per heavy atom. The molecule has 0 bridgehead atoms. The summed E-state index contributed by atoms with van der Waals surface area (Å²) in [5.74, 6) is -2.61. The summed E-state index contributed by atoms with van der Waals surface area (Å²) in [6, 6.07) is 0. The molecule has 0 saturated heterocycles. The fourth-order valence-corrected chi connectivity index (χ4v) is 8.81. The summed E-state index contributed by atoms with van der Waals surface area (Å²) in [7, 11) is 14.8. The minimum atomic E-state index is -0.869. The van der Waals surface area contributed by atoms with Crippen LogP contribution in [0.2, 0.25) is 0 Å². The lowest BCUT2D eigenvalue weighted by molar-refractivity contribution is -0.355. The molecule has 0 radical (unpaired) electrons. The second-order valence-electron chi connectivity index (χ2n) is 17.6. The molecule has 0 aromatic rings. The molecule has 0 aliphatic carbocycles. The zero-order valence-electron chi connectivity index (χ0n) is 42.2. The van der Waals surface area contributed by atoms with E-state index in [1.807, 2.05) is 0 Å². The van der Waals surface area contributed by atoms with Crippen LogP contribution in [0, 0.1) is 0 Å². The smallest absolute Gasteiger partial charge is 0.282 e. The van der Waals surface area contributed by atoms with Crippen molar-refractivity contribution in [3.05, 3.63) is 0 Å². The van der Waals surface area contributed by atoms with Crippen molar-refractivity contribution in [2.75, 3.05) is 83.6 Å². The zero-order valence-corrected chi connectivity index (χ0v) is 42.2. The molecule has 0 fully saturated rings. The van der Waals surface area contributed by atoms with Crippen molar-refractivity contribution in [2.45, 2.75) is 249 Å². The fraction of sp³-hybridized carbons (Fsp3) is 1.00. The van der Waals surface area contributed by atoms with Gasteiger partial charge in [0, 0.05) is 83.3 Å². The second kappa shape index (κ2) is 43.5. The fourth-order valence-electron chi connectivity index (χ4n) is 8.81. The molecular weight excluding hydrogens is 771 g/mol. The van der Waals surface area contributed by atoms with Crippen molar-refractivity contribution in [1.29, 1.82) is 0 Å². The van der Waals surface area contributed by atoms with Gasteiger partial charge in [0.25, 0.3) is 17.9 Å². The van der Waals surface area contributed by atoms with E-state index in [1.165, 1.54) is 212 Å². The van der Waals surface area contributed by atoms with Crippen LogP contribution in [0.5, 0.6) is 0 Å². The van der Waals surface area contributed by atoms with E-state index >= 15 is 0 Å². The monoisotopic (exact) mass is 876 g/mol. The quantitative estimate of drug-likeness (QED) is 0.0435. The van der Waals surface area contributed by atoms with E-state index in [1.54, 1.807) is 64.0 Å². The highest BCUT2D eigenvalue weighted by Gasteiger charge is 2.30. The largest absolute Gasteiger partial charge is 0.331 e. The lowest BCUT2D eigenvalue weighted by atomic mass is 10.0. The maximum absolute atomic E-state index is 5.41. The van der Waals surface area contributed by atoms with E-state index in [4.69, 9.17) is 42.6 Å². The lowest BCUT2D eigenvalue weighted by Crippen LogP contribution is -2.35. The molecule has 0 saturated carbocycles. The molecule has 0 heterocycles. The number of nitrogens with zero attached hydrogens (tertiary/aromatic N) is 1. The standard InChI is InChI=1S/C51H105NO9/c1-53-49(54-2,55-3)43-37-31-25-19-13-10-16-22-28-34-40-46-52(47-41-35-29-23-17-11-14-20-26-32-38-44-50(56-4,57-5)58-6)48-42-36-30-24-18-12-15-21-27-33-39-45-51(59-7,60-8)61-9/h10-48H2,1-9H3. The lowest BCUT2D eigenvalue weighted by Gasteiger charge is -2.28. The average Bonchev–Trinajstić information content (AvgIpc) is 3.29. The summed E-state index contributed by atoms with van der Waals surface area (Å²) < 4.78 is 48.7. The maximum atomic E-state index is 5.41. The normalized spacial score (nSPS) is 12.7. The number of hydrogen-bond acceptors (Lipinski definition) is 10. The number of hydrogen-bond donors (Lipinski definition) is 0. The van der Waals surface area contributed by atoms with Gasteiger partial charge in [-0.15, -0.1) is 0 Å². The highest BCUT2D eigenvalue weighted by Crippen LogP contribution is 2.24. The third-order valence-corrected chi connectivity index (χ3v) is 13.2. The second-order valence-corrected chi connectivity index (χ2v) is 17.6. The van der Waals surface area contributed by atoms with Gasteiger partial charge in [0.05, 0.1) is 0 Å². The third-order valence-electron chi connectivity index (χ3n) is 13.2. The first kappa shape index (κ1) is 60.6. The summed E-state index contributed by atoms with van der Waals surface area (Å²) in [5, 5.41) is 0. The average molecular weight is 876 g/mol. The van der Waals surface area contributed by atoms with Crippen LogP contribution in [-0.2, 0) is 42.6 Å². The molecule has 0 unspecified atom stereocenters. The summed E-state index contributed by atoms with van der Waals surface area (Å²) in [4.78, 5) is 2.82. The highest BCUT2D eigenvalue weighted by molar-refractivity contribution is 4.63. The van der Waals surface area contributed by atoms with Crippen LogP contribution in [0.1, 0.15) is 231 Å². The molecule has 61 heavy (non-hydrogen) atoms. The molecule has 0 aliphatic rings. The van der Waals surface area contributed by atoms with Gasteiger partial charge < -0.3 is 47.5 Å². The van der Waals surface area contributed by atoms with Crippen molar-refractivity contribution in [3.63, 3.8) is 0 Å². The molecule has 0 aromatic carbocycles. The van der Waals surface area contributed by atoms with E-state index in [0.717, 1.165) is 38.5 Å². The Hall–Kier alpha value is -0.400. The first-order valence-corrected chi connectivity index (χ1v) is 25.5. The van der Waals surface area contributed by atoms with Crippen LogP contribution >= 0.6 is 0 Å². The summed E-state index contributed by atoms with van der Waals surface area (Å²) in [6.07, 6.45) is 46.1. The molecule has 0 aliphatic heterocycles. The Balaban J connectivity index is 4.21.